The zero-order valence-electron chi connectivity index (χ0n) is 16.9. The number of imide groups is 1. The third kappa shape index (κ3) is 4.72. The maximum atomic E-state index is 12.5. The van der Waals surface area contributed by atoms with Crippen LogP contribution >= 0.6 is 15.9 Å². The van der Waals surface area contributed by atoms with Gasteiger partial charge in [-0.3, -0.25) is 14.5 Å². The van der Waals surface area contributed by atoms with E-state index < -0.39 is 0 Å². The van der Waals surface area contributed by atoms with E-state index in [1.807, 2.05) is 24.3 Å². The van der Waals surface area contributed by atoms with E-state index in [0.29, 0.717) is 37.3 Å². The van der Waals surface area contributed by atoms with Gasteiger partial charge in [-0.15, -0.1) is 0 Å². The van der Waals surface area contributed by atoms with Crippen molar-refractivity contribution >= 4 is 45.2 Å². The van der Waals surface area contributed by atoms with Gasteiger partial charge in [-0.2, -0.15) is 0 Å². The van der Waals surface area contributed by atoms with Crippen LogP contribution in [0, 0.1) is 0 Å². The number of nitrogens with zero attached hydrogens (tertiary/aromatic N) is 2. The number of carbonyl (C=O) groups excluding carboxylic acids is 3. The number of urea groups is 1. The van der Waals surface area contributed by atoms with Crippen molar-refractivity contribution < 1.29 is 19.1 Å². The molecule has 4 amide bonds. The number of benzene rings is 2. The summed E-state index contributed by atoms with van der Waals surface area (Å²) in [5.41, 5.74) is 2.51. The van der Waals surface area contributed by atoms with Crippen molar-refractivity contribution in [2.45, 2.75) is 6.42 Å². The third-order valence-corrected chi connectivity index (χ3v) is 5.77. The molecular weight excluding hydrogens is 464 g/mol. The molecule has 0 atom stereocenters. The number of morpholine rings is 1. The lowest BCUT2D eigenvalue weighted by atomic mass is 10.1. The number of fused-ring (bicyclic) bond motifs is 1. The molecule has 2 aliphatic heterocycles. The lowest BCUT2D eigenvalue weighted by Gasteiger charge is -2.30. The molecule has 162 valence electrons. The van der Waals surface area contributed by atoms with Crippen molar-refractivity contribution in [3.63, 3.8) is 0 Å². The minimum Gasteiger partial charge on any atom is -0.378 e. The van der Waals surface area contributed by atoms with E-state index in [1.165, 1.54) is 4.90 Å². The zero-order chi connectivity index (χ0) is 21.8. The summed E-state index contributed by atoms with van der Waals surface area (Å²) < 4.78 is 6.15. The number of hydrogen-bond donors (Lipinski definition) is 2. The topological polar surface area (TPSA) is 91.0 Å². The van der Waals surface area contributed by atoms with Crippen LogP contribution < -0.4 is 15.5 Å². The molecule has 0 saturated carbocycles. The second kappa shape index (κ2) is 9.49. The molecule has 0 aliphatic carbocycles. The van der Waals surface area contributed by atoms with E-state index in [0.717, 1.165) is 28.9 Å². The van der Waals surface area contributed by atoms with Crippen LogP contribution in [0.15, 0.2) is 46.9 Å². The number of carbonyl (C=O) groups is 3. The number of para-hydroxylation sites is 2. The predicted molar refractivity (Wildman–Crippen MR) is 121 cm³/mol. The largest absolute Gasteiger partial charge is 0.378 e. The Balaban J connectivity index is 1.27. The summed E-state index contributed by atoms with van der Waals surface area (Å²) in [6.07, 6.45) is 0.463. The van der Waals surface area contributed by atoms with Crippen molar-refractivity contribution in [1.82, 2.24) is 10.2 Å². The van der Waals surface area contributed by atoms with E-state index in [1.54, 1.807) is 18.2 Å². The van der Waals surface area contributed by atoms with Crippen LogP contribution in [0.1, 0.15) is 27.1 Å². The van der Waals surface area contributed by atoms with Gasteiger partial charge in [-0.1, -0.05) is 28.1 Å². The number of halogens is 1. The summed E-state index contributed by atoms with van der Waals surface area (Å²) in [6, 6.07) is 12.4. The first-order valence-electron chi connectivity index (χ1n) is 10.2. The van der Waals surface area contributed by atoms with Gasteiger partial charge in [0.1, 0.15) is 0 Å². The lowest BCUT2D eigenvalue weighted by Crippen LogP contribution is -2.37. The quantitative estimate of drug-likeness (QED) is 0.483. The van der Waals surface area contributed by atoms with Crippen LogP contribution in [0.4, 0.5) is 16.2 Å². The SMILES string of the molecule is O=C(NCCCN1C(=O)c2ccc(Br)cc2C1=O)Nc1ccccc1N1CCOCC1. The summed E-state index contributed by atoms with van der Waals surface area (Å²) in [6.45, 7) is 3.45. The highest BCUT2D eigenvalue weighted by molar-refractivity contribution is 9.10. The molecular formula is C22H23BrN4O4. The van der Waals surface area contributed by atoms with Crippen molar-refractivity contribution in [1.29, 1.82) is 0 Å². The van der Waals surface area contributed by atoms with Gasteiger partial charge in [0.25, 0.3) is 11.8 Å². The summed E-state index contributed by atoms with van der Waals surface area (Å²) in [4.78, 5) is 40.7. The normalized spacial score (nSPS) is 15.8. The first-order chi connectivity index (χ1) is 15.0. The zero-order valence-corrected chi connectivity index (χ0v) is 18.5. The first-order valence-corrected chi connectivity index (χ1v) is 11.0. The van der Waals surface area contributed by atoms with E-state index in [4.69, 9.17) is 4.74 Å². The van der Waals surface area contributed by atoms with Gasteiger partial charge in [0, 0.05) is 30.7 Å². The molecule has 1 fully saturated rings. The molecule has 1 saturated heterocycles. The Labute approximate surface area is 188 Å². The van der Waals surface area contributed by atoms with E-state index in [-0.39, 0.29) is 24.4 Å². The summed E-state index contributed by atoms with van der Waals surface area (Å²) >= 11 is 3.32. The Kier molecular flexibility index (Phi) is 6.53. The number of ether oxygens (including phenoxy) is 1. The fourth-order valence-electron chi connectivity index (χ4n) is 3.73. The van der Waals surface area contributed by atoms with Crippen molar-refractivity contribution in [2.75, 3.05) is 49.6 Å². The minimum atomic E-state index is -0.327. The highest BCUT2D eigenvalue weighted by Gasteiger charge is 2.35. The Hall–Kier alpha value is -2.91. The van der Waals surface area contributed by atoms with Crippen LogP contribution in [0.25, 0.3) is 0 Å². The van der Waals surface area contributed by atoms with Gasteiger partial charge < -0.3 is 20.3 Å². The monoisotopic (exact) mass is 486 g/mol. The van der Waals surface area contributed by atoms with Crippen LogP contribution in [0.3, 0.4) is 0 Å². The maximum Gasteiger partial charge on any atom is 0.319 e. The Morgan fingerprint density at radius 3 is 2.58 bits per heavy atom. The fraction of sp³-hybridized carbons (Fsp3) is 0.318. The van der Waals surface area contributed by atoms with Gasteiger partial charge in [0.2, 0.25) is 0 Å². The molecule has 4 rings (SSSR count). The summed E-state index contributed by atoms with van der Waals surface area (Å²) in [7, 11) is 0. The Bertz CT molecular complexity index is 1010. The molecule has 0 radical (unpaired) electrons. The fourth-order valence-corrected chi connectivity index (χ4v) is 4.09. The van der Waals surface area contributed by atoms with Gasteiger partial charge >= 0.3 is 6.03 Å². The van der Waals surface area contributed by atoms with E-state index >= 15 is 0 Å². The van der Waals surface area contributed by atoms with Crippen molar-refractivity contribution in [3.05, 3.63) is 58.1 Å². The molecule has 2 N–H and O–H groups in total. The molecule has 0 spiro atoms. The predicted octanol–water partition coefficient (Wildman–Crippen LogP) is 3.09. The summed E-state index contributed by atoms with van der Waals surface area (Å²) in [5.74, 6) is -0.596. The average molecular weight is 487 g/mol. The maximum absolute atomic E-state index is 12.5. The van der Waals surface area contributed by atoms with Gasteiger partial charge in [-0.05, 0) is 36.8 Å². The standard InChI is InChI=1S/C22H23BrN4O4/c23-15-6-7-16-17(14-15)21(29)27(20(16)28)9-3-8-24-22(30)25-18-4-1-2-5-19(18)26-10-12-31-13-11-26/h1-2,4-7,14H,3,8-13H2,(H2,24,25,30). The number of amides is 4. The number of nitrogens with one attached hydrogen (secondary N) is 2. The second-order valence-electron chi connectivity index (χ2n) is 7.30. The van der Waals surface area contributed by atoms with Crippen LogP contribution in [-0.4, -0.2) is 62.1 Å². The molecule has 31 heavy (non-hydrogen) atoms. The molecule has 0 unspecified atom stereocenters. The molecule has 2 aromatic rings. The highest BCUT2D eigenvalue weighted by Crippen LogP contribution is 2.27. The van der Waals surface area contributed by atoms with Crippen LogP contribution in [-0.2, 0) is 4.74 Å². The highest BCUT2D eigenvalue weighted by atomic mass is 79.9. The number of rotatable bonds is 6. The van der Waals surface area contributed by atoms with Gasteiger partial charge in [0.05, 0.1) is 35.7 Å². The Morgan fingerprint density at radius 1 is 1.03 bits per heavy atom. The van der Waals surface area contributed by atoms with Crippen molar-refractivity contribution in [2.24, 2.45) is 0 Å². The molecule has 2 aliphatic rings. The number of anilines is 2. The van der Waals surface area contributed by atoms with Crippen LogP contribution in [0.5, 0.6) is 0 Å². The van der Waals surface area contributed by atoms with Crippen LogP contribution in [0.2, 0.25) is 0 Å². The summed E-state index contributed by atoms with van der Waals surface area (Å²) in [5, 5.41) is 5.68. The van der Waals surface area contributed by atoms with Gasteiger partial charge in [0.15, 0.2) is 0 Å². The lowest BCUT2D eigenvalue weighted by molar-refractivity contribution is 0.0653. The second-order valence-corrected chi connectivity index (χ2v) is 8.22. The first kappa shape index (κ1) is 21.3. The van der Waals surface area contributed by atoms with E-state index in [9.17, 15) is 14.4 Å². The van der Waals surface area contributed by atoms with Gasteiger partial charge in [-0.25, -0.2) is 4.79 Å². The van der Waals surface area contributed by atoms with Crippen molar-refractivity contribution in [3.8, 4) is 0 Å². The smallest absolute Gasteiger partial charge is 0.319 e. The molecule has 2 heterocycles. The molecule has 9 heteroatoms. The molecule has 8 nitrogen and oxygen atoms in total. The Morgan fingerprint density at radius 2 is 1.77 bits per heavy atom. The third-order valence-electron chi connectivity index (χ3n) is 5.28. The molecule has 2 aromatic carbocycles. The number of hydrogen-bond acceptors (Lipinski definition) is 5. The average Bonchev–Trinajstić information content (AvgIpc) is 3.01. The van der Waals surface area contributed by atoms with E-state index in [2.05, 4.69) is 31.5 Å². The molecule has 0 aromatic heterocycles. The molecule has 0 bridgehead atoms. The minimum absolute atomic E-state index is 0.245.